The van der Waals surface area contributed by atoms with Crippen molar-refractivity contribution >= 4 is 32.9 Å². The fourth-order valence-electron chi connectivity index (χ4n) is 4.63. The first-order chi connectivity index (χ1) is 16.2. The first kappa shape index (κ1) is 23.8. The summed E-state index contributed by atoms with van der Waals surface area (Å²) in [4.78, 5) is 17.4. The van der Waals surface area contributed by atoms with Gasteiger partial charge < -0.3 is 20.1 Å². The number of nitrogen functional groups attached to an aromatic ring is 1. The zero-order valence-electron chi connectivity index (χ0n) is 18.5. The number of hydrogen-bond donors (Lipinski definition) is 1. The molecule has 35 heavy (non-hydrogen) atoms. The molecule has 0 unspecified atom stereocenters. The topological polar surface area (TPSA) is 77.7 Å². The molecule has 0 bridgehead atoms. The molecule has 0 aliphatic carbocycles. The largest absolute Gasteiger partial charge is 0.383 e. The number of nitrogens with zero attached hydrogens (tertiary/aromatic N) is 2. The average molecular weight is 516 g/mol. The number of ether oxygens (including phenoxy) is 2. The predicted octanol–water partition coefficient (Wildman–Crippen LogP) is 6.28. The van der Waals surface area contributed by atoms with Crippen molar-refractivity contribution in [3.05, 3.63) is 64.7 Å². The number of carbonyl (C=O) groups is 1. The van der Waals surface area contributed by atoms with E-state index in [-0.39, 0.29) is 37.3 Å². The molecule has 2 aliphatic heterocycles. The van der Waals surface area contributed by atoms with E-state index in [2.05, 4.69) is 4.98 Å². The van der Waals surface area contributed by atoms with Crippen LogP contribution in [0.25, 0.3) is 10.9 Å². The second-order valence-corrected chi connectivity index (χ2v) is 11.1. The molecular formula is C23H22F5N3O3S. The van der Waals surface area contributed by atoms with Gasteiger partial charge in [0.2, 0.25) is 0 Å². The summed E-state index contributed by atoms with van der Waals surface area (Å²) in [5.74, 6) is 0.00868. The molecule has 12 heteroatoms. The molecule has 2 aromatic carbocycles. The Balaban J connectivity index is 1.49. The van der Waals surface area contributed by atoms with Crippen LogP contribution in [0, 0.1) is 0 Å². The van der Waals surface area contributed by atoms with E-state index >= 15 is 0 Å². The Hall–Kier alpha value is -2.96. The number of benzene rings is 2. The Labute approximate surface area is 197 Å². The highest BCUT2D eigenvalue weighted by atomic mass is 32.5. The second kappa shape index (κ2) is 7.28. The third-order valence-corrected chi connectivity index (χ3v) is 7.56. The summed E-state index contributed by atoms with van der Waals surface area (Å²) in [7, 11) is -9.79. The van der Waals surface area contributed by atoms with Crippen molar-refractivity contribution in [2.24, 2.45) is 0 Å². The predicted molar refractivity (Wildman–Crippen MR) is 122 cm³/mol. The smallest absolute Gasteiger partial charge is 0.310 e. The summed E-state index contributed by atoms with van der Waals surface area (Å²) in [5.41, 5.74) is 8.96. The maximum atomic E-state index is 13.5. The SMILES string of the molecule is C[C@H]1OCc2c1c(N)nc1ccc(C(=O)N3CCOC[C@@H]3c3ccc(S(F)(F)(F)(F)F)cc3)cc21. The molecule has 0 radical (unpaired) electrons. The fourth-order valence-corrected chi connectivity index (χ4v) is 5.29. The van der Waals surface area contributed by atoms with Gasteiger partial charge in [0.25, 0.3) is 5.91 Å². The van der Waals surface area contributed by atoms with Crippen LogP contribution >= 0.6 is 10.2 Å². The minimum Gasteiger partial charge on any atom is -0.383 e. The van der Waals surface area contributed by atoms with Crippen molar-refractivity contribution in [1.29, 1.82) is 0 Å². The summed E-state index contributed by atoms with van der Waals surface area (Å²) in [6, 6.07) is 6.88. The van der Waals surface area contributed by atoms with E-state index < -0.39 is 21.2 Å². The van der Waals surface area contributed by atoms with Crippen molar-refractivity contribution in [2.75, 3.05) is 25.5 Å². The van der Waals surface area contributed by atoms with E-state index in [0.717, 1.165) is 28.6 Å². The van der Waals surface area contributed by atoms with Gasteiger partial charge >= 0.3 is 10.2 Å². The molecule has 1 aromatic heterocycles. The van der Waals surface area contributed by atoms with Crippen LogP contribution in [0.5, 0.6) is 0 Å². The van der Waals surface area contributed by atoms with Crippen LogP contribution in [0.4, 0.5) is 25.2 Å². The summed E-state index contributed by atoms with van der Waals surface area (Å²) in [6.45, 7) is 2.63. The van der Waals surface area contributed by atoms with E-state index in [0.29, 0.717) is 35.6 Å². The fraction of sp³-hybridized carbons (Fsp3) is 0.304. The quantitative estimate of drug-likeness (QED) is 0.416. The summed E-state index contributed by atoms with van der Waals surface area (Å²) in [6.07, 6.45) is -0.223. The van der Waals surface area contributed by atoms with Crippen LogP contribution in [0.3, 0.4) is 0 Å². The summed E-state index contributed by atoms with van der Waals surface area (Å²) < 4.78 is 76.7. The number of nitrogens with two attached hydrogens (primary N) is 1. The zero-order valence-corrected chi connectivity index (χ0v) is 19.3. The van der Waals surface area contributed by atoms with Gasteiger partial charge in [-0.05, 0) is 48.4 Å². The normalized spacial score (nSPS) is 22.5. The Morgan fingerprint density at radius 1 is 1.11 bits per heavy atom. The Kier molecular flexibility index (Phi) is 4.94. The van der Waals surface area contributed by atoms with Crippen LogP contribution in [0.2, 0.25) is 0 Å². The summed E-state index contributed by atoms with van der Waals surface area (Å²) in [5, 5.41) is 0.731. The van der Waals surface area contributed by atoms with E-state index in [1.54, 1.807) is 18.2 Å². The molecule has 0 spiro atoms. The first-order valence-electron chi connectivity index (χ1n) is 10.8. The monoisotopic (exact) mass is 515 g/mol. The molecule has 2 atom stereocenters. The van der Waals surface area contributed by atoms with Crippen LogP contribution < -0.4 is 5.73 Å². The molecular weight excluding hydrogens is 493 g/mol. The maximum Gasteiger partial charge on any atom is 0.310 e. The molecule has 6 nitrogen and oxygen atoms in total. The maximum absolute atomic E-state index is 13.5. The van der Waals surface area contributed by atoms with E-state index in [1.807, 2.05) is 6.92 Å². The van der Waals surface area contributed by atoms with Gasteiger partial charge in [-0.1, -0.05) is 31.6 Å². The zero-order chi connectivity index (χ0) is 25.2. The van der Waals surface area contributed by atoms with Crippen molar-refractivity contribution in [3.8, 4) is 0 Å². The van der Waals surface area contributed by atoms with E-state index in [9.17, 15) is 24.2 Å². The van der Waals surface area contributed by atoms with Crippen molar-refractivity contribution in [3.63, 3.8) is 0 Å². The van der Waals surface area contributed by atoms with Crippen LogP contribution in [-0.2, 0) is 16.1 Å². The lowest BCUT2D eigenvalue weighted by Crippen LogP contribution is -2.43. The van der Waals surface area contributed by atoms with Crippen molar-refractivity contribution in [1.82, 2.24) is 9.88 Å². The number of aromatic nitrogens is 1. The highest BCUT2D eigenvalue weighted by Gasteiger charge is 2.65. The standard InChI is InChI=1S/C23H22F5N3O3S/c1-13-21-18(11-34-13)17-10-15(4-7-19(17)30-22(21)29)23(32)31-8-9-33-12-20(31)14-2-5-16(6-3-14)35(24,25,26,27)28/h2-7,10,13,20H,8-9,11-12H2,1H3,(H2,29,30)/t13-,20-/m1/s1. The number of rotatable bonds is 3. The number of hydrogen-bond acceptors (Lipinski definition) is 5. The summed E-state index contributed by atoms with van der Waals surface area (Å²) >= 11 is 0. The highest BCUT2D eigenvalue weighted by molar-refractivity contribution is 8.45. The van der Waals surface area contributed by atoms with Crippen LogP contribution in [0.15, 0.2) is 47.4 Å². The molecule has 0 saturated carbocycles. The third-order valence-electron chi connectivity index (χ3n) is 6.39. The molecule has 1 amide bonds. The van der Waals surface area contributed by atoms with Crippen LogP contribution in [-0.4, -0.2) is 35.5 Å². The molecule has 3 aromatic rings. The van der Waals surface area contributed by atoms with Crippen molar-refractivity contribution in [2.45, 2.75) is 30.6 Å². The second-order valence-electron chi connectivity index (χ2n) is 8.70. The number of fused-ring (bicyclic) bond motifs is 3. The Bertz CT molecular complexity index is 1350. The molecule has 1 fully saturated rings. The highest BCUT2D eigenvalue weighted by Crippen LogP contribution is 3.02. The molecule has 1 saturated heterocycles. The molecule has 188 valence electrons. The lowest BCUT2D eigenvalue weighted by molar-refractivity contribution is -0.00271. The first-order valence-corrected chi connectivity index (χ1v) is 12.7. The number of pyridine rings is 1. The van der Waals surface area contributed by atoms with Gasteiger partial charge in [-0.2, -0.15) is 0 Å². The number of carbonyl (C=O) groups excluding carboxylic acids is 1. The Morgan fingerprint density at radius 2 is 1.83 bits per heavy atom. The van der Waals surface area contributed by atoms with Crippen LogP contribution in [0.1, 0.15) is 46.1 Å². The number of anilines is 1. The molecule has 2 aliphatic rings. The van der Waals surface area contributed by atoms with E-state index in [4.69, 9.17) is 15.2 Å². The minimum absolute atomic E-state index is 0.0217. The minimum atomic E-state index is -9.79. The lowest BCUT2D eigenvalue weighted by Gasteiger charge is -2.41. The van der Waals surface area contributed by atoms with Gasteiger partial charge in [-0.25, -0.2) is 4.98 Å². The molecule has 2 N–H and O–H groups in total. The number of halogens is 5. The lowest BCUT2D eigenvalue weighted by atomic mass is 9.99. The molecule has 5 rings (SSSR count). The van der Waals surface area contributed by atoms with Gasteiger partial charge in [-0.3, -0.25) is 4.79 Å². The van der Waals surface area contributed by atoms with E-state index in [1.165, 1.54) is 4.90 Å². The van der Waals surface area contributed by atoms with Gasteiger partial charge in [0.05, 0.1) is 37.5 Å². The number of amides is 1. The third kappa shape index (κ3) is 4.30. The van der Waals surface area contributed by atoms with Gasteiger partial charge in [0.1, 0.15) is 10.7 Å². The van der Waals surface area contributed by atoms with Gasteiger partial charge in [-0.15, -0.1) is 0 Å². The average Bonchev–Trinajstić information content (AvgIpc) is 3.19. The Morgan fingerprint density at radius 3 is 2.51 bits per heavy atom. The van der Waals surface area contributed by atoms with Crippen molar-refractivity contribution < 1.29 is 33.7 Å². The van der Waals surface area contributed by atoms with Gasteiger partial charge in [0.15, 0.2) is 0 Å². The molecule has 3 heterocycles. The number of morpholine rings is 1. The van der Waals surface area contributed by atoms with Gasteiger partial charge in [0, 0.05) is 23.1 Å².